The van der Waals surface area contributed by atoms with Crippen LogP contribution >= 0.6 is 0 Å². The number of likely N-dealkylation sites (tertiary alicyclic amines) is 1. The topological polar surface area (TPSA) is 119 Å². The fraction of sp³-hybridized carbons (Fsp3) is 0.467. The van der Waals surface area contributed by atoms with Gasteiger partial charge in [-0.1, -0.05) is 12.1 Å². The highest BCUT2D eigenvalue weighted by molar-refractivity contribution is 7.89. The number of benzene rings is 1. The molecule has 9 heteroatoms. The number of hydrogen-bond acceptors (Lipinski definition) is 5. The molecule has 2 amide bonds. The summed E-state index contributed by atoms with van der Waals surface area (Å²) in [5.74, 6) is -0.0219. The van der Waals surface area contributed by atoms with E-state index < -0.39 is 21.7 Å². The second-order valence-electron chi connectivity index (χ2n) is 6.26. The SMILES string of the molecule is CC1NC(=O)OC12CN(C(=O)CCc1ccc(S(N)(=O)=O)cc1)C2. The molecule has 2 fully saturated rings. The molecule has 2 heterocycles. The second kappa shape index (κ2) is 5.75. The summed E-state index contributed by atoms with van der Waals surface area (Å²) in [6, 6.07) is 6.04. The molecule has 2 aliphatic rings. The van der Waals surface area contributed by atoms with Crippen LogP contribution in [-0.4, -0.2) is 50.1 Å². The molecule has 0 aromatic heterocycles. The minimum absolute atomic E-state index is 0.0219. The molecule has 24 heavy (non-hydrogen) atoms. The maximum Gasteiger partial charge on any atom is 0.408 e. The van der Waals surface area contributed by atoms with Crippen molar-refractivity contribution in [3.05, 3.63) is 29.8 Å². The molecule has 2 saturated heterocycles. The Morgan fingerprint density at radius 2 is 2.00 bits per heavy atom. The zero-order chi connectivity index (χ0) is 17.5. The fourth-order valence-electron chi connectivity index (χ4n) is 2.98. The highest BCUT2D eigenvalue weighted by atomic mass is 32.2. The van der Waals surface area contributed by atoms with Gasteiger partial charge in [0.2, 0.25) is 15.9 Å². The van der Waals surface area contributed by atoms with Gasteiger partial charge in [-0.2, -0.15) is 0 Å². The van der Waals surface area contributed by atoms with E-state index in [9.17, 15) is 18.0 Å². The zero-order valence-electron chi connectivity index (χ0n) is 13.2. The molecular weight excluding hydrogens is 334 g/mol. The van der Waals surface area contributed by atoms with Crippen LogP contribution in [-0.2, 0) is 26.0 Å². The van der Waals surface area contributed by atoms with Crippen LogP contribution in [0.3, 0.4) is 0 Å². The van der Waals surface area contributed by atoms with E-state index in [1.165, 1.54) is 12.1 Å². The summed E-state index contributed by atoms with van der Waals surface area (Å²) in [7, 11) is -3.70. The van der Waals surface area contributed by atoms with Crippen LogP contribution in [0.5, 0.6) is 0 Å². The maximum atomic E-state index is 12.2. The summed E-state index contributed by atoms with van der Waals surface area (Å²) in [5, 5.41) is 7.73. The molecule has 8 nitrogen and oxygen atoms in total. The van der Waals surface area contributed by atoms with Gasteiger partial charge in [-0.3, -0.25) is 4.79 Å². The third kappa shape index (κ3) is 3.09. The molecule has 1 atom stereocenters. The van der Waals surface area contributed by atoms with E-state index in [1.54, 1.807) is 17.0 Å². The van der Waals surface area contributed by atoms with Gasteiger partial charge in [-0.05, 0) is 31.0 Å². The van der Waals surface area contributed by atoms with Gasteiger partial charge in [0.05, 0.1) is 24.0 Å². The number of nitrogens with one attached hydrogen (secondary N) is 1. The molecular formula is C15H19N3O5S. The van der Waals surface area contributed by atoms with E-state index in [0.29, 0.717) is 25.9 Å². The Bertz CT molecular complexity index is 769. The van der Waals surface area contributed by atoms with Crippen molar-refractivity contribution >= 4 is 22.0 Å². The number of ether oxygens (including phenoxy) is 1. The van der Waals surface area contributed by atoms with Gasteiger partial charge in [0.15, 0.2) is 5.60 Å². The van der Waals surface area contributed by atoms with Gasteiger partial charge < -0.3 is 15.0 Å². The van der Waals surface area contributed by atoms with Crippen LogP contribution in [0.15, 0.2) is 29.2 Å². The van der Waals surface area contributed by atoms with Crippen LogP contribution in [0.4, 0.5) is 4.79 Å². The van der Waals surface area contributed by atoms with E-state index in [0.717, 1.165) is 5.56 Å². The van der Waals surface area contributed by atoms with Crippen molar-refractivity contribution in [2.45, 2.75) is 36.3 Å². The van der Waals surface area contributed by atoms with E-state index in [1.807, 2.05) is 6.92 Å². The second-order valence-corrected chi connectivity index (χ2v) is 7.82. The number of primary sulfonamides is 1. The number of hydrogen-bond donors (Lipinski definition) is 2. The molecule has 0 bridgehead atoms. The highest BCUT2D eigenvalue weighted by Gasteiger charge is 2.56. The van der Waals surface area contributed by atoms with Gasteiger partial charge in [-0.25, -0.2) is 18.4 Å². The molecule has 0 radical (unpaired) electrons. The number of rotatable bonds is 4. The molecule has 0 aliphatic carbocycles. The van der Waals surface area contributed by atoms with Gasteiger partial charge in [0.1, 0.15) is 0 Å². The quantitative estimate of drug-likeness (QED) is 0.788. The first-order valence-corrected chi connectivity index (χ1v) is 9.13. The molecule has 3 N–H and O–H groups in total. The summed E-state index contributed by atoms with van der Waals surface area (Å²) >= 11 is 0. The number of carbonyl (C=O) groups excluding carboxylic acids is 2. The predicted octanol–water partition coefficient (Wildman–Crippen LogP) is -0.0241. The van der Waals surface area contributed by atoms with Crippen molar-refractivity contribution in [2.24, 2.45) is 5.14 Å². The lowest BCUT2D eigenvalue weighted by atomic mass is 9.87. The van der Waals surface area contributed by atoms with Crippen LogP contribution in [0.1, 0.15) is 18.9 Å². The smallest absolute Gasteiger partial charge is 0.408 e. The summed E-state index contributed by atoms with van der Waals surface area (Å²) in [5.41, 5.74) is 0.262. The molecule has 2 aliphatic heterocycles. The first kappa shape index (κ1) is 16.7. The zero-order valence-corrected chi connectivity index (χ0v) is 14.0. The minimum atomic E-state index is -3.70. The maximum absolute atomic E-state index is 12.2. The Labute approximate surface area is 140 Å². The number of alkyl carbamates (subject to hydrolysis) is 1. The van der Waals surface area contributed by atoms with Gasteiger partial charge in [0, 0.05) is 6.42 Å². The average molecular weight is 353 g/mol. The summed E-state index contributed by atoms with van der Waals surface area (Å²) in [4.78, 5) is 25.2. The molecule has 1 aromatic carbocycles. The van der Waals surface area contributed by atoms with E-state index in [4.69, 9.17) is 9.88 Å². The predicted molar refractivity (Wildman–Crippen MR) is 84.5 cm³/mol. The van der Waals surface area contributed by atoms with Crippen molar-refractivity contribution in [3.63, 3.8) is 0 Å². The lowest BCUT2D eigenvalue weighted by molar-refractivity contribution is -0.152. The lowest BCUT2D eigenvalue weighted by Crippen LogP contribution is -2.68. The van der Waals surface area contributed by atoms with Gasteiger partial charge >= 0.3 is 6.09 Å². The fourth-order valence-corrected chi connectivity index (χ4v) is 3.50. The number of sulfonamides is 1. The monoisotopic (exact) mass is 353 g/mol. The largest absolute Gasteiger partial charge is 0.437 e. The van der Waals surface area contributed by atoms with Crippen LogP contribution in [0.2, 0.25) is 0 Å². The number of aryl methyl sites for hydroxylation is 1. The molecule has 1 unspecified atom stereocenters. The molecule has 1 aromatic rings. The molecule has 1 spiro atoms. The molecule has 0 saturated carbocycles. The standard InChI is InChI=1S/C15H19N3O5S/c1-10-15(23-14(20)17-10)8-18(9-15)13(19)7-4-11-2-5-12(6-3-11)24(16,21)22/h2-3,5-6,10H,4,7-9H2,1H3,(H,17,20)(H2,16,21,22). The Kier molecular flexibility index (Phi) is 4.00. The first-order valence-electron chi connectivity index (χ1n) is 7.59. The number of nitrogens with zero attached hydrogens (tertiary/aromatic N) is 1. The molecule has 3 rings (SSSR count). The highest BCUT2D eigenvalue weighted by Crippen LogP contribution is 2.33. The third-order valence-corrected chi connectivity index (χ3v) is 5.50. The summed E-state index contributed by atoms with van der Waals surface area (Å²) in [6.45, 7) is 2.66. The Hall–Kier alpha value is -2.13. The van der Waals surface area contributed by atoms with Gasteiger partial charge in [-0.15, -0.1) is 0 Å². The van der Waals surface area contributed by atoms with Crippen molar-refractivity contribution in [3.8, 4) is 0 Å². The van der Waals surface area contributed by atoms with Crippen molar-refractivity contribution in [2.75, 3.05) is 13.1 Å². The third-order valence-electron chi connectivity index (χ3n) is 4.57. The first-order chi connectivity index (χ1) is 11.2. The number of nitrogens with two attached hydrogens (primary N) is 1. The average Bonchev–Trinajstić information content (AvgIpc) is 2.77. The molecule has 130 valence electrons. The van der Waals surface area contributed by atoms with Crippen LogP contribution < -0.4 is 10.5 Å². The van der Waals surface area contributed by atoms with Crippen molar-refractivity contribution < 1.29 is 22.7 Å². The van der Waals surface area contributed by atoms with E-state index in [2.05, 4.69) is 5.32 Å². The van der Waals surface area contributed by atoms with E-state index >= 15 is 0 Å². The van der Waals surface area contributed by atoms with Crippen LogP contribution in [0, 0.1) is 0 Å². The summed E-state index contributed by atoms with van der Waals surface area (Å²) < 4.78 is 27.7. The Morgan fingerprint density at radius 3 is 2.50 bits per heavy atom. The van der Waals surface area contributed by atoms with Crippen LogP contribution in [0.25, 0.3) is 0 Å². The van der Waals surface area contributed by atoms with Crippen molar-refractivity contribution in [1.29, 1.82) is 0 Å². The summed E-state index contributed by atoms with van der Waals surface area (Å²) in [6.07, 6.45) is 0.367. The number of carbonyl (C=O) groups is 2. The normalized spacial score (nSPS) is 22.0. The lowest BCUT2D eigenvalue weighted by Gasteiger charge is -2.47. The number of amides is 2. The van der Waals surface area contributed by atoms with E-state index in [-0.39, 0.29) is 16.8 Å². The van der Waals surface area contributed by atoms with Crippen molar-refractivity contribution in [1.82, 2.24) is 10.2 Å². The Balaban J connectivity index is 1.51. The minimum Gasteiger partial charge on any atom is -0.437 e. The Morgan fingerprint density at radius 1 is 1.38 bits per heavy atom. The van der Waals surface area contributed by atoms with Gasteiger partial charge in [0.25, 0.3) is 0 Å².